The highest BCUT2D eigenvalue weighted by atomic mass is 16.7. The third-order valence-corrected chi connectivity index (χ3v) is 2.74. The number of hydrogen-bond acceptors (Lipinski definition) is 2. The van der Waals surface area contributed by atoms with E-state index in [-0.39, 0.29) is 6.29 Å². The first-order valence-electron chi connectivity index (χ1n) is 5.15. The van der Waals surface area contributed by atoms with Gasteiger partial charge in [-0.2, -0.15) is 0 Å². The van der Waals surface area contributed by atoms with Crippen LogP contribution in [0.4, 0.5) is 0 Å². The molecule has 0 spiro atoms. The van der Waals surface area contributed by atoms with Crippen LogP contribution in [-0.2, 0) is 9.47 Å². The van der Waals surface area contributed by atoms with Crippen LogP contribution in [-0.4, -0.2) is 18.2 Å². The molecule has 1 aromatic carbocycles. The Hall–Kier alpha value is -1.32. The van der Waals surface area contributed by atoms with Crippen molar-refractivity contribution >= 4 is 10.9 Å². The van der Waals surface area contributed by atoms with Crippen molar-refractivity contribution in [3.63, 3.8) is 0 Å². The molecule has 0 unspecified atom stereocenters. The molecule has 1 aliphatic heterocycles. The molecular weight excluding hydrogens is 190 g/mol. The fourth-order valence-electron chi connectivity index (χ4n) is 2.00. The van der Waals surface area contributed by atoms with Gasteiger partial charge in [-0.3, -0.25) is 0 Å². The monoisotopic (exact) mass is 203 g/mol. The summed E-state index contributed by atoms with van der Waals surface area (Å²) < 4.78 is 11.0. The highest BCUT2D eigenvalue weighted by Gasteiger charge is 2.21. The molecule has 2 heterocycles. The number of aryl methyl sites for hydroxylation is 1. The molecule has 1 saturated heterocycles. The predicted octanol–water partition coefficient (Wildman–Crippen LogP) is 2.52. The van der Waals surface area contributed by atoms with Crippen LogP contribution in [0.2, 0.25) is 0 Å². The number of H-pyrrole nitrogens is 1. The van der Waals surface area contributed by atoms with Crippen molar-refractivity contribution in [2.75, 3.05) is 13.2 Å². The Morgan fingerprint density at radius 1 is 1.27 bits per heavy atom. The lowest BCUT2D eigenvalue weighted by Gasteiger charge is -2.07. The van der Waals surface area contributed by atoms with E-state index in [1.54, 1.807) is 0 Å². The highest BCUT2D eigenvalue weighted by Crippen LogP contribution is 2.30. The topological polar surface area (TPSA) is 34.2 Å². The number of ether oxygens (including phenoxy) is 2. The van der Waals surface area contributed by atoms with Crippen LogP contribution in [0, 0.1) is 6.92 Å². The first-order valence-corrected chi connectivity index (χ1v) is 5.15. The van der Waals surface area contributed by atoms with Crippen LogP contribution in [0.3, 0.4) is 0 Å². The van der Waals surface area contributed by atoms with Gasteiger partial charge >= 0.3 is 0 Å². The van der Waals surface area contributed by atoms with Gasteiger partial charge in [-0.25, -0.2) is 0 Å². The number of hydrogen-bond donors (Lipinski definition) is 1. The van der Waals surface area contributed by atoms with Crippen LogP contribution >= 0.6 is 0 Å². The lowest BCUT2D eigenvalue weighted by atomic mass is 10.1. The molecule has 0 amide bonds. The molecule has 2 aromatic rings. The van der Waals surface area contributed by atoms with Crippen molar-refractivity contribution in [2.45, 2.75) is 13.2 Å². The first-order chi connectivity index (χ1) is 7.34. The summed E-state index contributed by atoms with van der Waals surface area (Å²) in [6, 6.07) is 6.35. The average Bonchev–Trinajstić information content (AvgIpc) is 2.82. The molecule has 0 atom stereocenters. The number of nitrogens with one attached hydrogen (secondary N) is 1. The summed E-state index contributed by atoms with van der Waals surface area (Å²) in [5.74, 6) is 0. The largest absolute Gasteiger partial charge is 0.361 e. The molecular formula is C12H13NO2. The van der Waals surface area contributed by atoms with E-state index < -0.39 is 0 Å². The molecule has 78 valence electrons. The standard InChI is InChI=1S/C12H13NO2/c1-8-2-3-9-10(7-13-11(9)6-8)12-14-4-5-15-12/h2-3,6-7,12-13H,4-5H2,1H3. The number of aromatic amines is 1. The van der Waals surface area contributed by atoms with E-state index in [1.807, 2.05) is 6.20 Å². The second-order valence-electron chi connectivity index (χ2n) is 3.87. The number of benzene rings is 1. The second-order valence-corrected chi connectivity index (χ2v) is 3.87. The van der Waals surface area contributed by atoms with Gasteiger partial charge in [-0.05, 0) is 18.6 Å². The van der Waals surface area contributed by atoms with Gasteiger partial charge in [0.15, 0.2) is 6.29 Å². The van der Waals surface area contributed by atoms with Gasteiger partial charge in [0, 0.05) is 22.7 Å². The molecule has 1 aliphatic rings. The Kier molecular flexibility index (Phi) is 2.01. The Balaban J connectivity index is 2.11. The molecule has 1 fully saturated rings. The maximum absolute atomic E-state index is 5.49. The minimum absolute atomic E-state index is 0.193. The second kappa shape index (κ2) is 3.36. The van der Waals surface area contributed by atoms with Crippen molar-refractivity contribution in [3.8, 4) is 0 Å². The highest BCUT2D eigenvalue weighted by molar-refractivity contribution is 5.84. The van der Waals surface area contributed by atoms with E-state index in [2.05, 4.69) is 30.1 Å². The van der Waals surface area contributed by atoms with Crippen LogP contribution < -0.4 is 0 Å². The van der Waals surface area contributed by atoms with Crippen molar-refractivity contribution in [3.05, 3.63) is 35.5 Å². The van der Waals surface area contributed by atoms with Crippen molar-refractivity contribution in [2.24, 2.45) is 0 Å². The van der Waals surface area contributed by atoms with E-state index in [1.165, 1.54) is 10.9 Å². The molecule has 3 heteroatoms. The van der Waals surface area contributed by atoms with E-state index >= 15 is 0 Å². The maximum Gasteiger partial charge on any atom is 0.186 e. The fourth-order valence-corrected chi connectivity index (χ4v) is 2.00. The lowest BCUT2D eigenvalue weighted by Crippen LogP contribution is -1.96. The van der Waals surface area contributed by atoms with Gasteiger partial charge in [-0.1, -0.05) is 12.1 Å². The molecule has 15 heavy (non-hydrogen) atoms. The smallest absolute Gasteiger partial charge is 0.186 e. The first kappa shape index (κ1) is 8.95. The Labute approximate surface area is 88.0 Å². The van der Waals surface area contributed by atoms with Gasteiger partial charge in [0.05, 0.1) is 13.2 Å². The lowest BCUT2D eigenvalue weighted by molar-refractivity contribution is -0.0429. The Bertz CT molecular complexity index is 483. The fraction of sp³-hybridized carbons (Fsp3) is 0.333. The summed E-state index contributed by atoms with van der Waals surface area (Å²) >= 11 is 0. The molecule has 1 N–H and O–H groups in total. The summed E-state index contributed by atoms with van der Waals surface area (Å²) in [7, 11) is 0. The van der Waals surface area contributed by atoms with Gasteiger partial charge in [-0.15, -0.1) is 0 Å². The summed E-state index contributed by atoms with van der Waals surface area (Å²) in [5, 5.41) is 1.19. The molecule has 3 rings (SSSR count). The summed E-state index contributed by atoms with van der Waals surface area (Å²) in [6.07, 6.45) is 1.78. The summed E-state index contributed by atoms with van der Waals surface area (Å²) in [4.78, 5) is 3.25. The summed E-state index contributed by atoms with van der Waals surface area (Å²) in [6.45, 7) is 3.45. The minimum atomic E-state index is -0.193. The van der Waals surface area contributed by atoms with Gasteiger partial charge in [0.1, 0.15) is 0 Å². The Morgan fingerprint density at radius 3 is 2.87 bits per heavy atom. The molecule has 0 radical (unpaired) electrons. The number of aromatic nitrogens is 1. The van der Waals surface area contributed by atoms with Gasteiger partial charge in [0.2, 0.25) is 0 Å². The zero-order valence-corrected chi connectivity index (χ0v) is 8.62. The van der Waals surface area contributed by atoms with E-state index in [0.29, 0.717) is 13.2 Å². The SMILES string of the molecule is Cc1ccc2c(C3OCCO3)c[nH]c2c1. The summed E-state index contributed by atoms with van der Waals surface area (Å²) in [5.41, 5.74) is 3.50. The zero-order valence-electron chi connectivity index (χ0n) is 8.62. The third kappa shape index (κ3) is 1.44. The maximum atomic E-state index is 5.49. The third-order valence-electron chi connectivity index (χ3n) is 2.74. The van der Waals surface area contributed by atoms with E-state index in [0.717, 1.165) is 11.1 Å². The van der Waals surface area contributed by atoms with Crippen molar-refractivity contribution in [1.29, 1.82) is 0 Å². The molecule has 0 saturated carbocycles. The number of rotatable bonds is 1. The van der Waals surface area contributed by atoms with Crippen LogP contribution in [0.5, 0.6) is 0 Å². The number of fused-ring (bicyclic) bond motifs is 1. The van der Waals surface area contributed by atoms with Gasteiger partial charge < -0.3 is 14.5 Å². The predicted molar refractivity (Wildman–Crippen MR) is 57.7 cm³/mol. The minimum Gasteiger partial charge on any atom is -0.361 e. The van der Waals surface area contributed by atoms with E-state index in [9.17, 15) is 0 Å². The zero-order chi connectivity index (χ0) is 10.3. The quantitative estimate of drug-likeness (QED) is 0.772. The molecule has 3 nitrogen and oxygen atoms in total. The van der Waals surface area contributed by atoms with Crippen molar-refractivity contribution < 1.29 is 9.47 Å². The molecule has 0 aliphatic carbocycles. The molecule has 1 aromatic heterocycles. The van der Waals surface area contributed by atoms with E-state index in [4.69, 9.17) is 9.47 Å². The van der Waals surface area contributed by atoms with Crippen LogP contribution in [0.1, 0.15) is 17.4 Å². The Morgan fingerprint density at radius 2 is 2.07 bits per heavy atom. The van der Waals surface area contributed by atoms with Gasteiger partial charge in [0.25, 0.3) is 0 Å². The average molecular weight is 203 g/mol. The molecule has 0 bridgehead atoms. The van der Waals surface area contributed by atoms with Crippen molar-refractivity contribution in [1.82, 2.24) is 4.98 Å². The normalized spacial score (nSPS) is 17.7. The van der Waals surface area contributed by atoms with Crippen LogP contribution in [0.15, 0.2) is 24.4 Å². The van der Waals surface area contributed by atoms with Crippen LogP contribution in [0.25, 0.3) is 10.9 Å².